The molecule has 1 amide bonds. The van der Waals surface area contributed by atoms with Crippen molar-refractivity contribution in [1.82, 2.24) is 9.88 Å². The third kappa shape index (κ3) is 5.06. The number of aromatic nitrogens is 1. The molecule has 0 atom stereocenters. The highest BCUT2D eigenvalue weighted by Gasteiger charge is 2.25. The van der Waals surface area contributed by atoms with Crippen LogP contribution in [-0.2, 0) is 9.53 Å². The maximum absolute atomic E-state index is 12.6. The number of ether oxygens (including phenoxy) is 1. The van der Waals surface area contributed by atoms with Crippen molar-refractivity contribution in [1.29, 1.82) is 0 Å². The van der Waals surface area contributed by atoms with Crippen molar-refractivity contribution in [2.45, 2.75) is 20.8 Å². The summed E-state index contributed by atoms with van der Waals surface area (Å²) in [6.07, 6.45) is 1.84. The number of hydrogen-bond donors (Lipinski definition) is 1. The Balaban J connectivity index is 1.62. The van der Waals surface area contributed by atoms with Crippen LogP contribution in [0.5, 0.6) is 0 Å². The number of amides is 1. The van der Waals surface area contributed by atoms with Crippen LogP contribution in [-0.4, -0.2) is 28.2 Å². The summed E-state index contributed by atoms with van der Waals surface area (Å²) >= 11 is 13.3. The van der Waals surface area contributed by atoms with Crippen molar-refractivity contribution >= 4 is 63.8 Å². The van der Waals surface area contributed by atoms with Gasteiger partial charge in [0.15, 0.2) is 5.17 Å². The summed E-state index contributed by atoms with van der Waals surface area (Å²) in [5.74, 6) is -0.583. The lowest BCUT2D eigenvalue weighted by Crippen LogP contribution is -2.19. The van der Waals surface area contributed by atoms with E-state index in [4.69, 9.17) is 27.9 Å². The Kier molecular flexibility index (Phi) is 7.16. The Labute approximate surface area is 211 Å². The molecule has 0 unspecified atom stereocenters. The topological polar surface area (TPSA) is 72.7 Å². The van der Waals surface area contributed by atoms with Gasteiger partial charge in [0.05, 0.1) is 32.8 Å². The van der Waals surface area contributed by atoms with E-state index in [9.17, 15) is 9.59 Å². The number of nitrogens with zero attached hydrogens (tertiary/aromatic N) is 2. The number of esters is 1. The molecule has 0 radical (unpaired) electrons. The molecule has 34 heavy (non-hydrogen) atoms. The first-order valence-corrected chi connectivity index (χ1v) is 12.0. The highest BCUT2D eigenvalue weighted by molar-refractivity contribution is 8.18. The van der Waals surface area contributed by atoms with Gasteiger partial charge in [0.2, 0.25) is 0 Å². The summed E-state index contributed by atoms with van der Waals surface area (Å²) in [5.41, 5.74) is 4.73. The zero-order valence-electron chi connectivity index (χ0n) is 18.7. The van der Waals surface area contributed by atoms with E-state index in [0.29, 0.717) is 38.0 Å². The molecule has 2 heterocycles. The maximum atomic E-state index is 12.6. The van der Waals surface area contributed by atoms with E-state index in [-0.39, 0.29) is 11.9 Å². The van der Waals surface area contributed by atoms with Gasteiger partial charge >= 0.3 is 5.97 Å². The van der Waals surface area contributed by atoms with Crippen molar-refractivity contribution in [2.75, 3.05) is 6.61 Å². The standard InChI is InChI=1S/C25H21Cl2N3O3S/c1-4-33-24(32)16-6-5-7-19(11-16)30-14(2)10-17(15(30)3)12-22-23(31)29-25(34-22)28-18-8-9-20(26)21(27)13-18/h5-13H,4H2,1-3H3,(H,28,29,31)/b22-12-. The predicted octanol–water partition coefficient (Wildman–Crippen LogP) is 6.47. The number of carbonyl (C=O) groups is 2. The zero-order valence-corrected chi connectivity index (χ0v) is 21.0. The van der Waals surface area contributed by atoms with Crippen LogP contribution in [0.2, 0.25) is 10.0 Å². The van der Waals surface area contributed by atoms with Crippen molar-refractivity contribution < 1.29 is 14.3 Å². The van der Waals surface area contributed by atoms with Crippen LogP contribution in [0.1, 0.15) is 34.2 Å². The highest BCUT2D eigenvalue weighted by Crippen LogP contribution is 2.32. The molecule has 9 heteroatoms. The van der Waals surface area contributed by atoms with E-state index < -0.39 is 0 Å². The third-order valence-electron chi connectivity index (χ3n) is 5.16. The van der Waals surface area contributed by atoms with Crippen LogP contribution in [0.3, 0.4) is 0 Å². The van der Waals surface area contributed by atoms with Gasteiger partial charge in [-0.15, -0.1) is 0 Å². The molecule has 4 rings (SSSR count). The molecule has 0 aliphatic carbocycles. The number of rotatable bonds is 5. The molecular weight excluding hydrogens is 493 g/mol. The molecule has 1 aliphatic rings. The Bertz CT molecular complexity index is 1360. The Hall–Kier alpha value is -3.00. The molecule has 1 saturated heterocycles. The largest absolute Gasteiger partial charge is 0.462 e. The average molecular weight is 514 g/mol. The first-order chi connectivity index (χ1) is 16.3. The second-order valence-corrected chi connectivity index (χ2v) is 9.36. The molecule has 3 aromatic rings. The van der Waals surface area contributed by atoms with Crippen LogP contribution in [0, 0.1) is 13.8 Å². The fourth-order valence-electron chi connectivity index (χ4n) is 3.61. The number of carbonyl (C=O) groups excluding carboxylic acids is 2. The van der Waals surface area contributed by atoms with Crippen molar-refractivity contribution in [3.05, 3.63) is 86.0 Å². The molecule has 1 aliphatic heterocycles. The minimum Gasteiger partial charge on any atom is -0.462 e. The molecule has 2 aromatic carbocycles. The second-order valence-electron chi connectivity index (χ2n) is 7.51. The fraction of sp³-hybridized carbons (Fsp3) is 0.160. The van der Waals surface area contributed by atoms with Gasteiger partial charge in [0.25, 0.3) is 5.91 Å². The first-order valence-electron chi connectivity index (χ1n) is 10.5. The van der Waals surface area contributed by atoms with Gasteiger partial charge in [-0.2, -0.15) is 0 Å². The van der Waals surface area contributed by atoms with Gasteiger partial charge in [-0.3, -0.25) is 4.79 Å². The molecule has 1 aromatic heterocycles. The highest BCUT2D eigenvalue weighted by atomic mass is 35.5. The molecule has 0 saturated carbocycles. The molecule has 0 bridgehead atoms. The van der Waals surface area contributed by atoms with Gasteiger partial charge in [0.1, 0.15) is 0 Å². The van der Waals surface area contributed by atoms with Gasteiger partial charge < -0.3 is 14.6 Å². The quantitative estimate of drug-likeness (QED) is 0.313. The molecule has 1 fully saturated rings. The number of amidine groups is 1. The number of nitrogens with one attached hydrogen (secondary N) is 1. The van der Waals surface area contributed by atoms with Crippen LogP contribution in [0.15, 0.2) is 58.4 Å². The maximum Gasteiger partial charge on any atom is 0.338 e. The van der Waals surface area contributed by atoms with E-state index in [1.54, 1.807) is 37.3 Å². The van der Waals surface area contributed by atoms with Gasteiger partial charge in [0, 0.05) is 17.1 Å². The number of thioether (sulfide) groups is 1. The number of halogens is 2. The summed E-state index contributed by atoms with van der Waals surface area (Å²) in [6, 6.07) is 14.3. The first kappa shape index (κ1) is 24.1. The number of hydrogen-bond acceptors (Lipinski definition) is 5. The molecule has 174 valence electrons. The monoisotopic (exact) mass is 513 g/mol. The predicted molar refractivity (Wildman–Crippen MR) is 138 cm³/mol. The normalized spacial score (nSPS) is 15.7. The van der Waals surface area contributed by atoms with Crippen LogP contribution in [0.4, 0.5) is 5.69 Å². The Morgan fingerprint density at radius 2 is 1.94 bits per heavy atom. The summed E-state index contributed by atoms with van der Waals surface area (Å²) in [5, 5.41) is 4.08. The molecular formula is C25H21Cl2N3O3S. The Morgan fingerprint density at radius 3 is 2.68 bits per heavy atom. The summed E-state index contributed by atoms with van der Waals surface area (Å²) in [6.45, 7) is 6.04. The lowest BCUT2D eigenvalue weighted by Gasteiger charge is -2.11. The van der Waals surface area contributed by atoms with Gasteiger partial charge in [-0.05, 0) is 86.6 Å². The van der Waals surface area contributed by atoms with Crippen LogP contribution < -0.4 is 5.32 Å². The average Bonchev–Trinajstić information content (AvgIpc) is 3.28. The van der Waals surface area contributed by atoms with E-state index in [2.05, 4.69) is 10.3 Å². The smallest absolute Gasteiger partial charge is 0.338 e. The SMILES string of the molecule is CCOC(=O)c1cccc(-n2c(C)cc(/C=C3\SC(=Nc4ccc(Cl)c(Cl)c4)NC3=O)c2C)c1. The van der Waals surface area contributed by atoms with E-state index >= 15 is 0 Å². The minimum absolute atomic E-state index is 0.224. The molecule has 0 spiro atoms. The van der Waals surface area contributed by atoms with Crippen LogP contribution in [0.25, 0.3) is 11.8 Å². The van der Waals surface area contributed by atoms with Gasteiger partial charge in [-0.25, -0.2) is 9.79 Å². The lowest BCUT2D eigenvalue weighted by atomic mass is 10.2. The summed E-state index contributed by atoms with van der Waals surface area (Å²) in [4.78, 5) is 29.7. The summed E-state index contributed by atoms with van der Waals surface area (Å²) < 4.78 is 7.16. The number of aryl methyl sites for hydroxylation is 1. The van der Waals surface area contributed by atoms with Crippen molar-refractivity contribution in [3.63, 3.8) is 0 Å². The minimum atomic E-state index is -0.359. The molecule has 6 nitrogen and oxygen atoms in total. The Morgan fingerprint density at radius 1 is 1.15 bits per heavy atom. The second kappa shape index (κ2) is 10.1. The summed E-state index contributed by atoms with van der Waals surface area (Å²) in [7, 11) is 0. The lowest BCUT2D eigenvalue weighted by molar-refractivity contribution is -0.115. The van der Waals surface area contributed by atoms with E-state index in [1.807, 2.05) is 42.7 Å². The third-order valence-corrected chi connectivity index (χ3v) is 6.81. The number of benzene rings is 2. The molecule has 1 N–H and O–H groups in total. The fourth-order valence-corrected chi connectivity index (χ4v) is 4.74. The van der Waals surface area contributed by atoms with Crippen molar-refractivity contribution in [2.24, 2.45) is 4.99 Å². The number of aliphatic imine (C=N–C) groups is 1. The van der Waals surface area contributed by atoms with E-state index in [1.165, 1.54) is 11.8 Å². The zero-order chi connectivity index (χ0) is 24.4. The van der Waals surface area contributed by atoms with Crippen molar-refractivity contribution in [3.8, 4) is 5.69 Å². The van der Waals surface area contributed by atoms with Gasteiger partial charge in [-0.1, -0.05) is 29.3 Å². The van der Waals surface area contributed by atoms with Crippen LogP contribution >= 0.6 is 35.0 Å². The van der Waals surface area contributed by atoms with E-state index in [0.717, 1.165) is 22.6 Å².